The van der Waals surface area contributed by atoms with Gasteiger partial charge in [0.05, 0.1) is 0 Å². The van der Waals surface area contributed by atoms with Crippen LogP contribution in [0.15, 0.2) is 62.2 Å². The van der Waals surface area contributed by atoms with Gasteiger partial charge in [0.1, 0.15) is 11.3 Å². The Kier molecular flexibility index (Phi) is 5.57. The van der Waals surface area contributed by atoms with Crippen LogP contribution in [0.25, 0.3) is 11.0 Å². The highest BCUT2D eigenvalue weighted by Crippen LogP contribution is 2.24. The summed E-state index contributed by atoms with van der Waals surface area (Å²) in [5.41, 5.74) is 1.70. The molecule has 0 fully saturated rings. The minimum absolute atomic E-state index is 0.258. The first-order valence-electron chi connectivity index (χ1n) is 7.95. The van der Waals surface area contributed by atoms with Crippen LogP contribution in [-0.2, 0) is 13.1 Å². The lowest BCUT2D eigenvalue weighted by Crippen LogP contribution is -2.19. The lowest BCUT2D eigenvalue weighted by Gasteiger charge is -2.18. The Morgan fingerprint density at radius 3 is 2.44 bits per heavy atom. The number of nitrogens with zero attached hydrogens (tertiary/aromatic N) is 1. The van der Waals surface area contributed by atoms with Crippen molar-refractivity contribution in [1.82, 2.24) is 4.90 Å². The fraction of sp³-hybridized carbons (Fsp3) is 0.211. The standard InChI is InChI=1S/C19H15BrF3NO3/c1-24(10-12-2-5-15(6-3-12)27-19(21,22)23)11-13-8-18(25)26-17-9-14(20)4-7-16(13)17/h2-9H,10-11H2,1H3. The third-order valence-electron chi connectivity index (χ3n) is 3.84. The van der Waals surface area contributed by atoms with Gasteiger partial charge in [0, 0.05) is 29.0 Å². The summed E-state index contributed by atoms with van der Waals surface area (Å²) in [4.78, 5) is 13.8. The van der Waals surface area contributed by atoms with Gasteiger partial charge in [-0.05, 0) is 48.5 Å². The van der Waals surface area contributed by atoms with Crippen molar-refractivity contribution < 1.29 is 22.3 Å². The molecule has 1 heterocycles. The molecule has 0 saturated carbocycles. The van der Waals surface area contributed by atoms with Crippen LogP contribution < -0.4 is 10.4 Å². The number of halogens is 4. The summed E-state index contributed by atoms with van der Waals surface area (Å²) in [7, 11) is 1.86. The predicted octanol–water partition coefficient (Wildman–Crippen LogP) is 5.09. The van der Waals surface area contributed by atoms with Crippen LogP contribution in [-0.4, -0.2) is 18.3 Å². The summed E-state index contributed by atoms with van der Waals surface area (Å²) >= 11 is 3.35. The van der Waals surface area contributed by atoms with Gasteiger partial charge >= 0.3 is 12.0 Å². The molecule has 0 unspecified atom stereocenters. The van der Waals surface area contributed by atoms with Crippen molar-refractivity contribution in [2.24, 2.45) is 0 Å². The Bertz CT molecular complexity index is 1000. The second-order valence-electron chi connectivity index (χ2n) is 6.10. The van der Waals surface area contributed by atoms with E-state index in [4.69, 9.17) is 4.42 Å². The molecule has 0 bridgehead atoms. The molecule has 0 atom stereocenters. The SMILES string of the molecule is CN(Cc1ccc(OC(F)(F)F)cc1)Cc1cc(=O)oc2cc(Br)ccc12. The minimum Gasteiger partial charge on any atom is -0.423 e. The van der Waals surface area contributed by atoms with Gasteiger partial charge in [-0.25, -0.2) is 4.79 Å². The molecule has 2 aromatic carbocycles. The molecular formula is C19H15BrF3NO3. The molecular weight excluding hydrogens is 427 g/mol. The van der Waals surface area contributed by atoms with Crippen LogP contribution in [0.5, 0.6) is 5.75 Å². The van der Waals surface area contributed by atoms with E-state index < -0.39 is 12.0 Å². The van der Waals surface area contributed by atoms with E-state index in [2.05, 4.69) is 20.7 Å². The van der Waals surface area contributed by atoms with Gasteiger partial charge in [0.15, 0.2) is 0 Å². The third-order valence-corrected chi connectivity index (χ3v) is 4.34. The molecule has 0 radical (unpaired) electrons. The first-order chi connectivity index (χ1) is 12.7. The number of hydrogen-bond acceptors (Lipinski definition) is 4. The van der Waals surface area contributed by atoms with E-state index in [0.29, 0.717) is 18.7 Å². The van der Waals surface area contributed by atoms with Gasteiger partial charge in [-0.3, -0.25) is 4.90 Å². The second-order valence-corrected chi connectivity index (χ2v) is 7.01. The smallest absolute Gasteiger partial charge is 0.423 e. The number of hydrogen-bond donors (Lipinski definition) is 0. The molecule has 3 aromatic rings. The molecule has 3 rings (SSSR count). The van der Waals surface area contributed by atoms with Crippen LogP contribution in [0.1, 0.15) is 11.1 Å². The lowest BCUT2D eigenvalue weighted by atomic mass is 10.1. The molecule has 1 aromatic heterocycles. The molecule has 0 amide bonds. The summed E-state index contributed by atoms with van der Waals surface area (Å²) in [6.07, 6.45) is -4.71. The third kappa shape index (κ3) is 5.33. The Balaban J connectivity index is 1.73. The number of benzene rings is 2. The van der Waals surface area contributed by atoms with Crippen LogP contribution in [0.2, 0.25) is 0 Å². The molecule has 0 N–H and O–H groups in total. The zero-order valence-corrected chi connectivity index (χ0v) is 15.8. The van der Waals surface area contributed by atoms with E-state index in [9.17, 15) is 18.0 Å². The fourth-order valence-corrected chi connectivity index (χ4v) is 3.13. The van der Waals surface area contributed by atoms with Gasteiger partial charge < -0.3 is 9.15 Å². The van der Waals surface area contributed by atoms with Crippen molar-refractivity contribution >= 4 is 26.9 Å². The fourth-order valence-electron chi connectivity index (χ4n) is 2.79. The largest absolute Gasteiger partial charge is 0.573 e. The molecule has 8 heteroatoms. The number of alkyl halides is 3. The highest BCUT2D eigenvalue weighted by atomic mass is 79.9. The van der Waals surface area contributed by atoms with E-state index in [1.165, 1.54) is 18.2 Å². The highest BCUT2D eigenvalue weighted by Gasteiger charge is 2.30. The minimum atomic E-state index is -4.71. The predicted molar refractivity (Wildman–Crippen MR) is 98.5 cm³/mol. The van der Waals surface area contributed by atoms with Crippen molar-refractivity contribution in [2.45, 2.75) is 19.5 Å². The Morgan fingerprint density at radius 2 is 1.78 bits per heavy atom. The van der Waals surface area contributed by atoms with Crippen LogP contribution in [0.3, 0.4) is 0 Å². The van der Waals surface area contributed by atoms with E-state index in [-0.39, 0.29) is 5.75 Å². The lowest BCUT2D eigenvalue weighted by molar-refractivity contribution is -0.274. The van der Waals surface area contributed by atoms with Crippen molar-refractivity contribution in [1.29, 1.82) is 0 Å². The molecule has 4 nitrogen and oxygen atoms in total. The molecule has 0 spiro atoms. The first kappa shape index (κ1) is 19.4. The first-order valence-corrected chi connectivity index (χ1v) is 8.74. The van der Waals surface area contributed by atoms with Gasteiger partial charge in [0.25, 0.3) is 0 Å². The molecule has 0 aliphatic heterocycles. The van der Waals surface area contributed by atoms with E-state index in [1.807, 2.05) is 24.1 Å². The summed E-state index contributed by atoms with van der Waals surface area (Å²) < 4.78 is 46.5. The van der Waals surface area contributed by atoms with E-state index in [0.717, 1.165) is 21.0 Å². The van der Waals surface area contributed by atoms with Gasteiger partial charge in [0.2, 0.25) is 0 Å². The van der Waals surface area contributed by atoms with Crippen molar-refractivity contribution in [3.8, 4) is 5.75 Å². The second kappa shape index (κ2) is 7.74. The quantitative estimate of drug-likeness (QED) is 0.517. The van der Waals surface area contributed by atoms with Gasteiger partial charge in [-0.2, -0.15) is 0 Å². The zero-order chi connectivity index (χ0) is 19.6. The van der Waals surface area contributed by atoms with Crippen LogP contribution in [0, 0.1) is 0 Å². The molecule has 0 aliphatic carbocycles. The van der Waals surface area contributed by atoms with Crippen molar-refractivity contribution in [3.63, 3.8) is 0 Å². The molecule has 142 valence electrons. The topological polar surface area (TPSA) is 42.7 Å². The number of fused-ring (bicyclic) bond motifs is 1. The van der Waals surface area contributed by atoms with E-state index in [1.54, 1.807) is 18.2 Å². The zero-order valence-electron chi connectivity index (χ0n) is 14.2. The number of rotatable bonds is 5. The number of ether oxygens (including phenoxy) is 1. The monoisotopic (exact) mass is 441 g/mol. The Labute approximate surface area is 161 Å². The van der Waals surface area contributed by atoms with Crippen molar-refractivity contribution in [2.75, 3.05) is 7.05 Å². The van der Waals surface area contributed by atoms with Gasteiger partial charge in [-0.15, -0.1) is 13.2 Å². The molecule has 0 aliphatic rings. The van der Waals surface area contributed by atoms with Crippen LogP contribution >= 0.6 is 15.9 Å². The van der Waals surface area contributed by atoms with E-state index >= 15 is 0 Å². The average Bonchev–Trinajstić information content (AvgIpc) is 2.54. The van der Waals surface area contributed by atoms with Gasteiger partial charge in [-0.1, -0.05) is 28.1 Å². The molecule has 27 heavy (non-hydrogen) atoms. The highest BCUT2D eigenvalue weighted by molar-refractivity contribution is 9.10. The van der Waals surface area contributed by atoms with Crippen LogP contribution in [0.4, 0.5) is 13.2 Å². The Hall–Kier alpha value is -2.32. The Morgan fingerprint density at radius 1 is 1.07 bits per heavy atom. The molecule has 0 saturated heterocycles. The van der Waals surface area contributed by atoms with Crippen molar-refractivity contribution in [3.05, 3.63) is 74.6 Å². The summed E-state index contributed by atoms with van der Waals surface area (Å²) in [6, 6.07) is 12.6. The normalized spacial score (nSPS) is 11.9. The maximum atomic E-state index is 12.2. The maximum absolute atomic E-state index is 12.2. The summed E-state index contributed by atoms with van der Waals surface area (Å²) in [5.74, 6) is -0.258. The maximum Gasteiger partial charge on any atom is 0.573 e. The summed E-state index contributed by atoms with van der Waals surface area (Å²) in [6.45, 7) is 0.967. The summed E-state index contributed by atoms with van der Waals surface area (Å²) in [5, 5.41) is 0.832. The average molecular weight is 442 g/mol.